The highest BCUT2D eigenvalue weighted by molar-refractivity contribution is 7.24. The minimum absolute atomic E-state index is 0. The highest BCUT2D eigenvalue weighted by Gasteiger charge is 2.13. The summed E-state index contributed by atoms with van der Waals surface area (Å²) in [7, 11) is -0.804. The van der Waals surface area contributed by atoms with E-state index in [4.69, 9.17) is 29.8 Å². The first-order valence-corrected chi connectivity index (χ1v) is 6.04. The molecule has 4 N–H and O–H groups in total. The predicted octanol–water partition coefficient (Wildman–Crippen LogP) is 1.42. The van der Waals surface area contributed by atoms with Gasteiger partial charge in [0.2, 0.25) is 0 Å². The lowest BCUT2D eigenvalue weighted by Gasteiger charge is -2.06. The van der Waals surface area contributed by atoms with Crippen LogP contribution in [0.25, 0.3) is 0 Å². The Balaban J connectivity index is -0.0000000950. The van der Waals surface area contributed by atoms with Gasteiger partial charge in [-0.1, -0.05) is 14.9 Å². The summed E-state index contributed by atoms with van der Waals surface area (Å²) in [5.74, 6) is 0. The molecule has 0 aromatic carbocycles. The number of epoxide rings is 1. The van der Waals surface area contributed by atoms with Crippen LogP contribution < -0.4 is 0 Å². The van der Waals surface area contributed by atoms with Crippen LogP contribution in [-0.2, 0) is 14.1 Å². The van der Waals surface area contributed by atoms with Crippen LogP contribution in [0.1, 0.15) is 35.6 Å². The third-order valence-electron chi connectivity index (χ3n) is 1.26. The zero-order chi connectivity index (χ0) is 13.7. The van der Waals surface area contributed by atoms with Crippen molar-refractivity contribution in [1.29, 1.82) is 0 Å². The van der Waals surface area contributed by atoms with E-state index in [2.05, 4.69) is 11.6 Å². The Labute approximate surface area is 118 Å². The molecule has 0 aromatic rings. The summed E-state index contributed by atoms with van der Waals surface area (Å²) in [5, 5.41) is 24.5. The minimum Gasteiger partial charge on any atom is -0.391 e. The maximum absolute atomic E-state index is 8.66. The van der Waals surface area contributed by atoms with Crippen molar-refractivity contribution in [2.45, 2.75) is 53.9 Å². The maximum atomic E-state index is 8.66. The van der Waals surface area contributed by atoms with Crippen molar-refractivity contribution in [3.05, 3.63) is 0 Å². The van der Waals surface area contributed by atoms with Crippen molar-refractivity contribution in [3.8, 4) is 0 Å². The first-order chi connectivity index (χ1) is 7.93. The van der Waals surface area contributed by atoms with Crippen molar-refractivity contribution in [1.82, 2.24) is 0 Å². The molecule has 0 radical (unpaired) electrons. The SMILES string of the molecule is C.C.CC(O)COCC(C)O.CC1CO1.OOPO. The highest BCUT2D eigenvalue weighted by Crippen LogP contribution is 2.04. The van der Waals surface area contributed by atoms with Gasteiger partial charge in [-0.15, -0.1) is 0 Å². The molecule has 0 spiro atoms. The van der Waals surface area contributed by atoms with Gasteiger partial charge in [-0.25, -0.2) is 5.26 Å². The predicted molar refractivity (Wildman–Crippen MR) is 77.3 cm³/mol. The molecule has 0 saturated carbocycles. The Morgan fingerprint density at radius 2 is 1.47 bits per heavy atom. The molecular weight excluding hydrogens is 275 g/mol. The average Bonchev–Trinajstić information content (AvgIpc) is 3.01. The summed E-state index contributed by atoms with van der Waals surface area (Å²) in [5.41, 5.74) is 0. The van der Waals surface area contributed by atoms with Crippen molar-refractivity contribution in [2.75, 3.05) is 19.8 Å². The van der Waals surface area contributed by atoms with Crippen LogP contribution in [0.4, 0.5) is 0 Å². The second-order valence-electron chi connectivity index (χ2n) is 3.56. The second-order valence-corrected chi connectivity index (χ2v) is 3.93. The van der Waals surface area contributed by atoms with E-state index in [-0.39, 0.29) is 14.9 Å². The lowest BCUT2D eigenvalue weighted by molar-refractivity contribution is -0.130. The summed E-state index contributed by atoms with van der Waals surface area (Å²) < 4.78 is 12.7. The third-order valence-corrected chi connectivity index (χ3v) is 1.34. The van der Waals surface area contributed by atoms with Gasteiger partial charge in [0.25, 0.3) is 0 Å². The number of aliphatic hydroxyl groups excluding tert-OH is 2. The van der Waals surface area contributed by atoms with Crippen LogP contribution in [0.15, 0.2) is 0 Å². The van der Waals surface area contributed by atoms with E-state index in [9.17, 15) is 0 Å². The van der Waals surface area contributed by atoms with Gasteiger partial charge in [0, 0.05) is 0 Å². The minimum atomic E-state index is -0.804. The van der Waals surface area contributed by atoms with E-state index in [0.29, 0.717) is 19.3 Å². The molecule has 1 heterocycles. The smallest absolute Gasteiger partial charge is 0.191 e. The largest absolute Gasteiger partial charge is 0.391 e. The van der Waals surface area contributed by atoms with E-state index in [0.717, 1.165) is 6.61 Å². The third kappa shape index (κ3) is 46.0. The van der Waals surface area contributed by atoms with Gasteiger partial charge in [0.05, 0.1) is 38.1 Å². The molecule has 7 nitrogen and oxygen atoms in total. The lowest BCUT2D eigenvalue weighted by atomic mass is 10.4. The summed E-state index contributed by atoms with van der Waals surface area (Å²) in [4.78, 5) is 7.43. The van der Waals surface area contributed by atoms with Crippen molar-refractivity contribution in [2.24, 2.45) is 0 Å². The van der Waals surface area contributed by atoms with Gasteiger partial charge >= 0.3 is 0 Å². The molecule has 0 bridgehead atoms. The molecular formula is C11H31O7P. The fourth-order valence-electron chi connectivity index (χ4n) is 0.505. The summed E-state index contributed by atoms with van der Waals surface area (Å²) in [6, 6.07) is 0. The Bertz CT molecular complexity index is 133. The van der Waals surface area contributed by atoms with Gasteiger partial charge in [-0.05, 0) is 20.8 Å². The monoisotopic (exact) mass is 306 g/mol. The van der Waals surface area contributed by atoms with E-state index >= 15 is 0 Å². The van der Waals surface area contributed by atoms with Gasteiger partial charge in [-0.2, -0.15) is 4.67 Å². The number of rotatable bonds is 5. The zero-order valence-electron chi connectivity index (χ0n) is 10.4. The molecule has 0 aromatic heterocycles. The summed E-state index contributed by atoms with van der Waals surface area (Å²) in [6.07, 6.45) is -0.299. The molecule has 1 fully saturated rings. The molecule has 1 saturated heterocycles. The fraction of sp³-hybridized carbons (Fsp3) is 1.00. The zero-order valence-corrected chi connectivity index (χ0v) is 11.4. The first-order valence-electron chi connectivity index (χ1n) is 5.19. The topological polar surface area (TPSA) is 112 Å². The molecule has 122 valence electrons. The first kappa shape index (κ1) is 27.5. The van der Waals surface area contributed by atoms with E-state index < -0.39 is 21.2 Å². The van der Waals surface area contributed by atoms with Crippen LogP contribution in [0.3, 0.4) is 0 Å². The van der Waals surface area contributed by atoms with Crippen LogP contribution in [-0.4, -0.2) is 58.5 Å². The van der Waals surface area contributed by atoms with Crippen molar-refractivity contribution < 1.29 is 34.5 Å². The molecule has 1 aliphatic heterocycles. The van der Waals surface area contributed by atoms with Gasteiger partial charge in [0.15, 0.2) is 9.03 Å². The number of hydrogen-bond acceptors (Lipinski definition) is 7. The Kier molecular flexibility index (Phi) is 29.6. The Morgan fingerprint density at radius 3 is 1.58 bits per heavy atom. The molecule has 1 aliphatic rings. The highest BCUT2D eigenvalue weighted by atomic mass is 31.1. The molecule has 19 heavy (non-hydrogen) atoms. The fourth-order valence-corrected chi connectivity index (χ4v) is 0.505. The standard InChI is InChI=1S/C6H14O3.C3H6O.2CH4.H3O3P/c1-5(7)3-9-4-6(2)8;1-3-2-4-3;;;1-3-4-2/h5-8H,3-4H2,1-2H3;3H,2H2,1H3;2*1H4;1-2,4H. The Morgan fingerprint density at radius 1 is 1.21 bits per heavy atom. The summed E-state index contributed by atoms with van der Waals surface area (Å²) in [6.45, 7) is 6.92. The lowest BCUT2D eigenvalue weighted by Crippen LogP contribution is -2.16. The molecule has 0 aliphatic carbocycles. The van der Waals surface area contributed by atoms with E-state index in [1.54, 1.807) is 13.8 Å². The quantitative estimate of drug-likeness (QED) is 0.263. The maximum Gasteiger partial charge on any atom is 0.191 e. The van der Waals surface area contributed by atoms with Crippen LogP contribution in [0, 0.1) is 0 Å². The average molecular weight is 306 g/mol. The number of ether oxygens (including phenoxy) is 2. The second kappa shape index (κ2) is 20.5. The van der Waals surface area contributed by atoms with E-state index in [1.807, 2.05) is 0 Å². The molecule has 4 atom stereocenters. The van der Waals surface area contributed by atoms with Crippen LogP contribution in [0.2, 0.25) is 0 Å². The molecule has 1 rings (SSSR count). The summed E-state index contributed by atoms with van der Waals surface area (Å²) >= 11 is 0. The molecule has 4 unspecified atom stereocenters. The molecule has 0 amide bonds. The molecule has 8 heteroatoms. The van der Waals surface area contributed by atoms with E-state index in [1.165, 1.54) is 0 Å². The van der Waals surface area contributed by atoms with Crippen LogP contribution in [0.5, 0.6) is 0 Å². The van der Waals surface area contributed by atoms with Gasteiger partial charge < -0.3 is 24.6 Å². The number of aliphatic hydroxyl groups is 2. The normalized spacial score (nSPS) is 18.8. The van der Waals surface area contributed by atoms with Crippen LogP contribution >= 0.6 is 9.03 Å². The Hall–Kier alpha value is 0.150. The van der Waals surface area contributed by atoms with Gasteiger partial charge in [-0.3, -0.25) is 0 Å². The van der Waals surface area contributed by atoms with Gasteiger partial charge in [0.1, 0.15) is 0 Å². The van der Waals surface area contributed by atoms with Crippen molar-refractivity contribution >= 4 is 9.03 Å². The number of hydrogen-bond donors (Lipinski definition) is 4. The van der Waals surface area contributed by atoms with Crippen molar-refractivity contribution in [3.63, 3.8) is 0 Å².